The Morgan fingerprint density at radius 1 is 1.40 bits per heavy atom. The van der Waals surface area contributed by atoms with Crippen molar-refractivity contribution < 1.29 is 34.8 Å². The maximum absolute atomic E-state index is 11.2. The molecule has 0 bridgehead atoms. The van der Waals surface area contributed by atoms with Gasteiger partial charge in [-0.25, -0.2) is 4.79 Å². The van der Waals surface area contributed by atoms with E-state index >= 15 is 0 Å². The van der Waals surface area contributed by atoms with Gasteiger partial charge in [0.2, 0.25) is 5.91 Å². The van der Waals surface area contributed by atoms with Crippen LogP contribution in [0.2, 0.25) is 0 Å². The molecule has 1 aliphatic rings. The first-order valence-electron chi connectivity index (χ1n) is 6.31. The number of rotatable bonds is 4. The van der Waals surface area contributed by atoms with Gasteiger partial charge < -0.3 is 30.5 Å². The largest absolute Gasteiger partial charge is 0.479 e. The normalized spacial score (nSPS) is 37.0. The quantitative estimate of drug-likeness (QED) is 0.413. The minimum atomic E-state index is -1.70. The molecule has 0 aromatic heterocycles. The minimum Gasteiger partial charge on any atom is -0.479 e. The predicted molar refractivity (Wildman–Crippen MR) is 66.8 cm³/mol. The Kier molecular flexibility index (Phi) is 5.09. The second-order valence-electron chi connectivity index (χ2n) is 5.35. The van der Waals surface area contributed by atoms with Crippen LogP contribution in [0.1, 0.15) is 27.2 Å². The average molecular weight is 291 g/mol. The summed E-state index contributed by atoms with van der Waals surface area (Å²) in [7, 11) is 0. The van der Waals surface area contributed by atoms with Crippen LogP contribution < -0.4 is 5.32 Å². The fourth-order valence-electron chi connectivity index (χ4n) is 2.27. The molecule has 0 aromatic rings. The number of hydrogen-bond donors (Lipinski definition) is 5. The molecule has 1 aliphatic heterocycles. The summed E-state index contributed by atoms with van der Waals surface area (Å²) in [5.74, 6) is -1.75. The lowest BCUT2D eigenvalue weighted by Crippen LogP contribution is -2.66. The molecule has 116 valence electrons. The lowest BCUT2D eigenvalue weighted by Gasteiger charge is -2.45. The molecular weight excluding hydrogens is 270 g/mol. The highest BCUT2D eigenvalue weighted by Crippen LogP contribution is 2.31. The molecule has 1 fully saturated rings. The van der Waals surface area contributed by atoms with E-state index in [0.717, 1.165) is 0 Å². The van der Waals surface area contributed by atoms with Crippen LogP contribution in [0.5, 0.6) is 0 Å². The maximum Gasteiger partial charge on any atom is 0.335 e. The molecular formula is C12H21NO7. The standard InChI is InChI=1S/C12H21NO7/c1-5(14)9(17)10-8(13-6(2)15)7(16)4-12(3,20-10)11(18)19/h5,7-10,14,16-17H,4H2,1-3H3,(H,13,15)(H,18,19)/t5-,7-,8?,9-,10?,12-/m1/s1. The van der Waals surface area contributed by atoms with E-state index in [-0.39, 0.29) is 6.42 Å². The molecule has 1 heterocycles. The van der Waals surface area contributed by atoms with Crippen molar-refractivity contribution in [1.29, 1.82) is 0 Å². The van der Waals surface area contributed by atoms with Gasteiger partial charge in [-0.2, -0.15) is 0 Å². The Labute approximate surface area is 116 Å². The second kappa shape index (κ2) is 6.04. The van der Waals surface area contributed by atoms with E-state index in [9.17, 15) is 24.9 Å². The molecule has 0 saturated carbocycles. The molecule has 1 saturated heterocycles. The van der Waals surface area contributed by atoms with Gasteiger partial charge in [-0.1, -0.05) is 0 Å². The van der Waals surface area contributed by atoms with Crippen LogP contribution in [0.25, 0.3) is 0 Å². The molecule has 0 aromatic carbocycles. The van der Waals surface area contributed by atoms with Crippen molar-refractivity contribution in [1.82, 2.24) is 5.32 Å². The van der Waals surface area contributed by atoms with Crippen LogP contribution in [0.4, 0.5) is 0 Å². The SMILES string of the molecule is CC(=O)NC1C([C@H](O)[C@@H](C)O)O[C@@](C)(C(=O)O)C[C@H]1O. The number of hydrogen-bond acceptors (Lipinski definition) is 6. The topological polar surface area (TPSA) is 136 Å². The summed E-state index contributed by atoms with van der Waals surface area (Å²) in [5, 5.41) is 41.0. The number of carbonyl (C=O) groups excluding carboxylic acids is 1. The highest BCUT2D eigenvalue weighted by atomic mass is 16.6. The minimum absolute atomic E-state index is 0.240. The van der Waals surface area contributed by atoms with E-state index < -0.39 is 47.9 Å². The van der Waals surface area contributed by atoms with E-state index in [1.54, 1.807) is 0 Å². The molecule has 0 aliphatic carbocycles. The van der Waals surface area contributed by atoms with Crippen molar-refractivity contribution in [2.45, 2.75) is 63.3 Å². The Morgan fingerprint density at radius 2 is 1.95 bits per heavy atom. The molecule has 5 N–H and O–H groups in total. The van der Waals surface area contributed by atoms with Crippen LogP contribution in [0, 0.1) is 0 Å². The molecule has 2 unspecified atom stereocenters. The van der Waals surface area contributed by atoms with E-state index in [2.05, 4.69) is 5.32 Å². The Hall–Kier alpha value is -1.22. The molecule has 0 spiro atoms. The van der Waals surface area contributed by atoms with E-state index in [1.807, 2.05) is 0 Å². The average Bonchev–Trinajstić information content (AvgIpc) is 2.30. The van der Waals surface area contributed by atoms with Crippen LogP contribution in [0.15, 0.2) is 0 Å². The summed E-state index contributed by atoms with van der Waals surface area (Å²) in [5.41, 5.74) is -1.70. The van der Waals surface area contributed by atoms with Gasteiger partial charge in [-0.3, -0.25) is 4.79 Å². The summed E-state index contributed by atoms with van der Waals surface area (Å²) >= 11 is 0. The number of aliphatic hydroxyl groups is 3. The molecule has 1 amide bonds. The van der Waals surface area contributed by atoms with Crippen LogP contribution in [0.3, 0.4) is 0 Å². The maximum atomic E-state index is 11.2. The van der Waals surface area contributed by atoms with Crippen molar-refractivity contribution in [2.24, 2.45) is 0 Å². The van der Waals surface area contributed by atoms with Gasteiger partial charge in [0.05, 0.1) is 18.2 Å². The molecule has 8 heteroatoms. The highest BCUT2D eigenvalue weighted by molar-refractivity contribution is 5.77. The van der Waals surface area contributed by atoms with Crippen molar-refractivity contribution in [3.63, 3.8) is 0 Å². The monoisotopic (exact) mass is 291 g/mol. The third-order valence-corrected chi connectivity index (χ3v) is 3.42. The van der Waals surface area contributed by atoms with Gasteiger partial charge in [-0.05, 0) is 13.8 Å². The third kappa shape index (κ3) is 3.45. The zero-order valence-electron chi connectivity index (χ0n) is 11.6. The summed E-state index contributed by atoms with van der Waals surface area (Å²) in [6.07, 6.45) is -5.34. The fraction of sp³-hybridized carbons (Fsp3) is 0.833. The number of ether oxygens (including phenoxy) is 1. The summed E-state index contributed by atoms with van der Waals surface area (Å²) in [4.78, 5) is 22.4. The third-order valence-electron chi connectivity index (χ3n) is 3.42. The lowest BCUT2D eigenvalue weighted by molar-refractivity contribution is -0.222. The summed E-state index contributed by atoms with van der Waals surface area (Å²) < 4.78 is 5.36. The number of carboxylic acid groups (broad SMARTS) is 1. The summed E-state index contributed by atoms with van der Waals surface area (Å²) in [6.45, 7) is 3.80. The van der Waals surface area contributed by atoms with Gasteiger partial charge in [0, 0.05) is 13.3 Å². The zero-order valence-corrected chi connectivity index (χ0v) is 11.6. The van der Waals surface area contributed by atoms with Crippen molar-refractivity contribution in [3.8, 4) is 0 Å². The molecule has 0 radical (unpaired) electrons. The number of aliphatic hydroxyl groups excluding tert-OH is 3. The predicted octanol–water partition coefficient (Wildman–Crippen LogP) is -1.77. The van der Waals surface area contributed by atoms with Gasteiger partial charge in [0.15, 0.2) is 5.60 Å². The number of nitrogens with one attached hydrogen (secondary N) is 1. The Balaban J connectivity index is 3.06. The van der Waals surface area contributed by atoms with E-state index in [4.69, 9.17) is 9.84 Å². The Bertz CT molecular complexity index is 386. The number of carboxylic acids is 1. The van der Waals surface area contributed by atoms with Crippen molar-refractivity contribution >= 4 is 11.9 Å². The van der Waals surface area contributed by atoms with Gasteiger partial charge in [0.25, 0.3) is 0 Å². The zero-order chi connectivity index (χ0) is 15.7. The number of carbonyl (C=O) groups is 2. The van der Waals surface area contributed by atoms with Crippen molar-refractivity contribution in [2.75, 3.05) is 0 Å². The lowest BCUT2D eigenvalue weighted by atomic mass is 9.84. The smallest absolute Gasteiger partial charge is 0.335 e. The summed E-state index contributed by atoms with van der Waals surface area (Å²) in [6, 6.07) is -0.996. The van der Waals surface area contributed by atoms with Crippen LogP contribution >= 0.6 is 0 Å². The van der Waals surface area contributed by atoms with Gasteiger partial charge in [-0.15, -0.1) is 0 Å². The van der Waals surface area contributed by atoms with Crippen molar-refractivity contribution in [3.05, 3.63) is 0 Å². The number of amides is 1. The molecule has 20 heavy (non-hydrogen) atoms. The first-order valence-corrected chi connectivity index (χ1v) is 6.31. The molecule has 6 atom stereocenters. The molecule has 8 nitrogen and oxygen atoms in total. The number of aliphatic carboxylic acids is 1. The molecule has 1 rings (SSSR count). The van der Waals surface area contributed by atoms with Crippen LogP contribution in [-0.4, -0.2) is 68.4 Å². The second-order valence-corrected chi connectivity index (χ2v) is 5.35. The van der Waals surface area contributed by atoms with E-state index in [0.29, 0.717) is 0 Å². The van der Waals surface area contributed by atoms with E-state index in [1.165, 1.54) is 20.8 Å². The highest BCUT2D eigenvalue weighted by Gasteiger charge is 2.51. The first-order chi connectivity index (χ1) is 9.08. The van der Waals surface area contributed by atoms with Gasteiger partial charge in [0.1, 0.15) is 12.2 Å². The Morgan fingerprint density at radius 3 is 2.35 bits per heavy atom. The van der Waals surface area contributed by atoms with Crippen LogP contribution in [-0.2, 0) is 14.3 Å². The fourth-order valence-corrected chi connectivity index (χ4v) is 2.27. The van der Waals surface area contributed by atoms with Gasteiger partial charge >= 0.3 is 5.97 Å². The first kappa shape index (κ1) is 16.8.